The van der Waals surface area contributed by atoms with Crippen molar-refractivity contribution in [2.75, 3.05) is 26.2 Å². The van der Waals surface area contributed by atoms with Gasteiger partial charge in [0.15, 0.2) is 0 Å². The third kappa shape index (κ3) is 3.76. The van der Waals surface area contributed by atoms with Gasteiger partial charge >= 0.3 is 0 Å². The van der Waals surface area contributed by atoms with Crippen LogP contribution in [0.25, 0.3) is 0 Å². The molecule has 0 radical (unpaired) electrons. The Labute approximate surface area is 141 Å². The smallest absolute Gasteiger partial charge is 0.257 e. The number of nitrogens with zero attached hydrogens (tertiary/aromatic N) is 4. The summed E-state index contributed by atoms with van der Waals surface area (Å²) in [7, 11) is 0. The topological polar surface area (TPSA) is 49.3 Å². The van der Waals surface area contributed by atoms with E-state index < -0.39 is 0 Å². The lowest BCUT2D eigenvalue weighted by molar-refractivity contribution is 0.0758. The molecule has 1 aliphatic heterocycles. The van der Waals surface area contributed by atoms with Crippen molar-refractivity contribution < 1.29 is 4.79 Å². The van der Waals surface area contributed by atoms with Gasteiger partial charge in [-0.3, -0.25) is 9.69 Å². The lowest BCUT2D eigenvalue weighted by atomic mass is 10.1. The number of aromatic nitrogens is 2. The van der Waals surface area contributed by atoms with Crippen molar-refractivity contribution >= 4 is 17.2 Å². The third-order valence-electron chi connectivity index (χ3n) is 4.30. The maximum atomic E-state index is 12.8. The van der Waals surface area contributed by atoms with Crippen molar-refractivity contribution in [2.24, 2.45) is 0 Å². The second-order valence-corrected chi connectivity index (χ2v) is 6.75. The van der Waals surface area contributed by atoms with Gasteiger partial charge in [0.05, 0.1) is 17.0 Å². The number of thiophene rings is 1. The summed E-state index contributed by atoms with van der Waals surface area (Å²) in [5, 5.41) is 4.31. The predicted octanol–water partition coefficient (Wildman–Crippen LogP) is 2.50. The van der Waals surface area contributed by atoms with Crippen molar-refractivity contribution in [1.29, 1.82) is 0 Å². The van der Waals surface area contributed by atoms with Crippen molar-refractivity contribution in [1.82, 2.24) is 19.8 Å². The minimum absolute atomic E-state index is 0.0676. The summed E-state index contributed by atoms with van der Waals surface area (Å²) in [6.45, 7) is 8.23. The molecule has 0 aliphatic carbocycles. The number of aryl methyl sites for hydroxylation is 2. The molecule has 1 fully saturated rings. The van der Waals surface area contributed by atoms with Gasteiger partial charge in [-0.2, -0.15) is 11.3 Å². The quantitative estimate of drug-likeness (QED) is 0.868. The Kier molecular flexibility index (Phi) is 5.03. The van der Waals surface area contributed by atoms with E-state index in [4.69, 9.17) is 0 Å². The van der Waals surface area contributed by atoms with Crippen LogP contribution in [-0.4, -0.2) is 51.9 Å². The molecule has 2 aromatic rings. The van der Waals surface area contributed by atoms with Crippen LogP contribution in [0.15, 0.2) is 23.2 Å². The summed E-state index contributed by atoms with van der Waals surface area (Å²) in [4.78, 5) is 25.6. The Morgan fingerprint density at radius 1 is 1.17 bits per heavy atom. The molecule has 6 heteroatoms. The van der Waals surface area contributed by atoms with Crippen LogP contribution in [0.4, 0.5) is 0 Å². The predicted molar refractivity (Wildman–Crippen MR) is 91.6 cm³/mol. The molecule has 122 valence electrons. The van der Waals surface area contributed by atoms with Crippen molar-refractivity contribution in [3.63, 3.8) is 0 Å². The van der Waals surface area contributed by atoms with Crippen LogP contribution in [0.5, 0.6) is 0 Å². The molecule has 0 spiro atoms. The van der Waals surface area contributed by atoms with Crippen LogP contribution in [0.1, 0.15) is 33.7 Å². The molecule has 1 saturated heterocycles. The van der Waals surface area contributed by atoms with Gasteiger partial charge in [-0.05, 0) is 42.7 Å². The van der Waals surface area contributed by atoms with Crippen molar-refractivity contribution in [2.45, 2.75) is 26.8 Å². The van der Waals surface area contributed by atoms with E-state index >= 15 is 0 Å². The summed E-state index contributed by atoms with van der Waals surface area (Å²) < 4.78 is 0. The Bertz CT molecular complexity index is 651. The molecule has 2 aromatic heterocycles. The zero-order chi connectivity index (χ0) is 16.2. The Hall–Kier alpha value is -1.79. The van der Waals surface area contributed by atoms with Gasteiger partial charge < -0.3 is 4.90 Å². The Morgan fingerprint density at radius 3 is 2.65 bits per heavy atom. The molecular formula is C17H22N4OS. The van der Waals surface area contributed by atoms with Gasteiger partial charge in [-0.1, -0.05) is 0 Å². The van der Waals surface area contributed by atoms with Gasteiger partial charge in [0.25, 0.3) is 5.91 Å². The molecule has 3 rings (SSSR count). The largest absolute Gasteiger partial charge is 0.337 e. The van der Waals surface area contributed by atoms with Crippen LogP contribution in [0.2, 0.25) is 0 Å². The van der Waals surface area contributed by atoms with Crippen LogP contribution in [0, 0.1) is 13.8 Å². The highest BCUT2D eigenvalue weighted by molar-refractivity contribution is 7.07. The zero-order valence-corrected chi connectivity index (χ0v) is 14.5. The van der Waals surface area contributed by atoms with E-state index in [1.807, 2.05) is 18.7 Å². The van der Waals surface area contributed by atoms with Crippen LogP contribution in [-0.2, 0) is 6.54 Å². The van der Waals surface area contributed by atoms with E-state index in [0.717, 1.165) is 50.5 Å². The fraction of sp³-hybridized carbons (Fsp3) is 0.471. The lowest BCUT2D eigenvalue weighted by Crippen LogP contribution is -2.36. The standard InChI is InChI=1S/C17H22N4OS/c1-13-16(14(2)19-12-18-13)17(22)21-6-3-5-20(7-8-21)10-15-4-9-23-11-15/h4,9,11-12H,3,5-8,10H2,1-2H3. The van der Waals surface area contributed by atoms with Crippen molar-refractivity contribution in [3.8, 4) is 0 Å². The van der Waals surface area contributed by atoms with Gasteiger partial charge in [0, 0.05) is 32.7 Å². The highest BCUT2D eigenvalue weighted by atomic mass is 32.1. The minimum Gasteiger partial charge on any atom is -0.337 e. The van der Waals surface area contributed by atoms with Gasteiger partial charge in [0.1, 0.15) is 6.33 Å². The van der Waals surface area contributed by atoms with Crippen LogP contribution in [0.3, 0.4) is 0 Å². The maximum absolute atomic E-state index is 12.8. The van der Waals surface area contributed by atoms with Crippen molar-refractivity contribution in [3.05, 3.63) is 45.7 Å². The summed E-state index contributed by atoms with van der Waals surface area (Å²) in [6, 6.07) is 2.17. The normalized spacial score (nSPS) is 16.3. The Balaban J connectivity index is 1.67. The van der Waals surface area contributed by atoms with E-state index in [2.05, 4.69) is 31.7 Å². The average molecular weight is 330 g/mol. The van der Waals surface area contributed by atoms with Gasteiger partial charge in [-0.15, -0.1) is 0 Å². The van der Waals surface area contributed by atoms with E-state index in [1.165, 1.54) is 11.9 Å². The molecule has 0 N–H and O–H groups in total. The first-order chi connectivity index (χ1) is 11.1. The van der Waals surface area contributed by atoms with E-state index in [-0.39, 0.29) is 5.91 Å². The Morgan fingerprint density at radius 2 is 1.96 bits per heavy atom. The summed E-state index contributed by atoms with van der Waals surface area (Å²) in [5.74, 6) is 0.0676. The molecule has 0 unspecified atom stereocenters. The number of rotatable bonds is 3. The van der Waals surface area contributed by atoms with Gasteiger partial charge in [0.2, 0.25) is 0 Å². The zero-order valence-electron chi connectivity index (χ0n) is 13.7. The van der Waals surface area contributed by atoms with Crippen LogP contribution < -0.4 is 0 Å². The molecule has 3 heterocycles. The molecule has 5 nitrogen and oxygen atoms in total. The average Bonchev–Trinajstić information content (AvgIpc) is 2.91. The maximum Gasteiger partial charge on any atom is 0.257 e. The molecule has 0 saturated carbocycles. The summed E-state index contributed by atoms with van der Waals surface area (Å²) in [6.07, 6.45) is 2.52. The highest BCUT2D eigenvalue weighted by Crippen LogP contribution is 2.16. The van der Waals surface area contributed by atoms with E-state index in [9.17, 15) is 4.79 Å². The third-order valence-corrected chi connectivity index (χ3v) is 5.03. The summed E-state index contributed by atoms with van der Waals surface area (Å²) in [5.41, 5.74) is 3.56. The molecular weight excluding hydrogens is 308 g/mol. The second kappa shape index (κ2) is 7.19. The first-order valence-corrected chi connectivity index (χ1v) is 8.90. The molecule has 1 amide bonds. The van der Waals surface area contributed by atoms with Crippen LogP contribution >= 0.6 is 11.3 Å². The first kappa shape index (κ1) is 16.1. The van der Waals surface area contributed by atoms with Gasteiger partial charge in [-0.25, -0.2) is 9.97 Å². The molecule has 23 heavy (non-hydrogen) atoms. The number of hydrogen-bond donors (Lipinski definition) is 0. The number of amides is 1. The highest BCUT2D eigenvalue weighted by Gasteiger charge is 2.23. The lowest BCUT2D eigenvalue weighted by Gasteiger charge is -2.22. The molecule has 0 aromatic carbocycles. The molecule has 0 bridgehead atoms. The minimum atomic E-state index is 0.0676. The number of carbonyl (C=O) groups excluding carboxylic acids is 1. The molecule has 1 aliphatic rings. The molecule has 0 atom stereocenters. The number of hydrogen-bond acceptors (Lipinski definition) is 5. The fourth-order valence-corrected chi connectivity index (χ4v) is 3.69. The monoisotopic (exact) mass is 330 g/mol. The fourth-order valence-electron chi connectivity index (χ4n) is 3.03. The number of carbonyl (C=O) groups is 1. The SMILES string of the molecule is Cc1ncnc(C)c1C(=O)N1CCCN(Cc2ccsc2)CC1. The summed E-state index contributed by atoms with van der Waals surface area (Å²) >= 11 is 1.73. The van der Waals surface area contributed by atoms with E-state index in [1.54, 1.807) is 11.3 Å². The first-order valence-electron chi connectivity index (χ1n) is 7.96. The second-order valence-electron chi connectivity index (χ2n) is 5.97. The van der Waals surface area contributed by atoms with E-state index in [0.29, 0.717) is 5.56 Å².